The van der Waals surface area contributed by atoms with Crippen LogP contribution >= 0.6 is 11.3 Å². The maximum absolute atomic E-state index is 9.37. The zero-order valence-corrected chi connectivity index (χ0v) is 7.52. The molecule has 1 aromatic heterocycles. The van der Waals surface area contributed by atoms with E-state index in [2.05, 4.69) is 24.4 Å². The molecule has 0 fully saturated rings. The van der Waals surface area contributed by atoms with E-state index in [1.807, 2.05) is 0 Å². The highest BCUT2D eigenvalue weighted by Gasteiger charge is 1.80. The maximum atomic E-state index is 9.37. The highest BCUT2D eigenvalue weighted by atomic mass is 32.1. The normalized spacial score (nSPS) is 8.18. The molecule has 0 amide bonds. The molecule has 0 bridgehead atoms. The Morgan fingerprint density at radius 1 is 1.73 bits per heavy atom. The second kappa shape index (κ2) is 5.92. The molecule has 0 saturated heterocycles. The molecule has 0 aromatic carbocycles. The van der Waals surface area contributed by atoms with Gasteiger partial charge in [-0.1, -0.05) is 13.0 Å². The first kappa shape index (κ1) is 10.2. The number of thiophene rings is 1. The Kier molecular flexibility index (Phi) is 5.47. The van der Waals surface area contributed by atoms with Crippen molar-refractivity contribution in [1.29, 1.82) is 0 Å². The Bertz CT molecular complexity index is 192. The minimum atomic E-state index is -0.745. The average Bonchev–Trinajstić information content (AvgIpc) is 2.41. The summed E-state index contributed by atoms with van der Waals surface area (Å²) in [6, 6.07) is 4.16. The number of carboxylic acid groups (broad SMARTS) is 1. The molecule has 0 aliphatic rings. The summed E-state index contributed by atoms with van der Waals surface area (Å²) in [7, 11) is 0. The van der Waals surface area contributed by atoms with Gasteiger partial charge in [0.05, 0.1) is 0 Å². The molecule has 0 aliphatic heterocycles. The molecule has 1 heterocycles. The van der Waals surface area contributed by atoms with Crippen molar-refractivity contribution in [2.24, 2.45) is 0 Å². The van der Waals surface area contributed by atoms with E-state index < -0.39 is 5.97 Å². The minimum Gasteiger partial charge on any atom is -0.481 e. The largest absolute Gasteiger partial charge is 0.481 e. The standard InChI is InChI=1S/C5H6S.C3H6O2/c1-5-3-2-4-6-5;1-2-3(4)5/h2-4H,1H3;2H2,1H3,(H,4,5). The summed E-state index contributed by atoms with van der Waals surface area (Å²) >= 11 is 1.78. The Morgan fingerprint density at radius 3 is 2.36 bits per heavy atom. The van der Waals surface area contributed by atoms with Crippen molar-refractivity contribution in [2.45, 2.75) is 20.3 Å². The van der Waals surface area contributed by atoms with Gasteiger partial charge in [-0.2, -0.15) is 0 Å². The van der Waals surface area contributed by atoms with Gasteiger partial charge in [-0.05, 0) is 18.4 Å². The van der Waals surface area contributed by atoms with Gasteiger partial charge >= 0.3 is 5.97 Å². The summed E-state index contributed by atoms with van der Waals surface area (Å²) in [5, 5.41) is 9.80. The molecule has 11 heavy (non-hydrogen) atoms. The third-order valence-electron chi connectivity index (χ3n) is 0.966. The third kappa shape index (κ3) is 7.06. The molecule has 0 spiro atoms. The van der Waals surface area contributed by atoms with Crippen molar-refractivity contribution in [1.82, 2.24) is 0 Å². The first-order valence-electron chi connectivity index (χ1n) is 3.38. The van der Waals surface area contributed by atoms with Crippen LogP contribution < -0.4 is 0 Å². The predicted molar refractivity (Wildman–Crippen MR) is 47.0 cm³/mol. The van der Waals surface area contributed by atoms with Crippen LogP contribution in [0, 0.1) is 6.92 Å². The van der Waals surface area contributed by atoms with E-state index in [1.54, 1.807) is 18.3 Å². The van der Waals surface area contributed by atoms with Gasteiger partial charge in [-0.25, -0.2) is 0 Å². The van der Waals surface area contributed by atoms with Crippen LogP contribution in [-0.4, -0.2) is 11.1 Å². The number of rotatable bonds is 1. The Hall–Kier alpha value is -0.830. The quantitative estimate of drug-likeness (QED) is 0.706. The van der Waals surface area contributed by atoms with Gasteiger partial charge in [0.2, 0.25) is 0 Å². The summed E-state index contributed by atoms with van der Waals surface area (Å²) < 4.78 is 0. The Morgan fingerprint density at radius 2 is 2.27 bits per heavy atom. The number of hydrogen-bond acceptors (Lipinski definition) is 2. The van der Waals surface area contributed by atoms with Gasteiger partial charge in [0.25, 0.3) is 0 Å². The second-order valence-electron chi connectivity index (χ2n) is 1.97. The van der Waals surface area contributed by atoms with E-state index in [0.29, 0.717) is 0 Å². The molecule has 0 aliphatic carbocycles. The van der Waals surface area contributed by atoms with Crippen LogP contribution in [0.3, 0.4) is 0 Å². The van der Waals surface area contributed by atoms with Crippen LogP contribution in [0.4, 0.5) is 0 Å². The topological polar surface area (TPSA) is 37.3 Å². The molecule has 0 unspecified atom stereocenters. The molecule has 0 radical (unpaired) electrons. The third-order valence-corrected chi connectivity index (χ3v) is 1.77. The molecule has 62 valence electrons. The number of carbonyl (C=O) groups is 1. The van der Waals surface area contributed by atoms with Crippen LogP contribution in [0.2, 0.25) is 0 Å². The van der Waals surface area contributed by atoms with Gasteiger partial charge in [0.1, 0.15) is 0 Å². The Labute approximate surface area is 70.5 Å². The van der Waals surface area contributed by atoms with Gasteiger partial charge in [-0.15, -0.1) is 11.3 Å². The summed E-state index contributed by atoms with van der Waals surface area (Å²) in [6.07, 6.45) is 0.222. The second-order valence-corrected chi connectivity index (χ2v) is 3.12. The molecular weight excluding hydrogens is 160 g/mol. The van der Waals surface area contributed by atoms with Gasteiger partial charge in [-0.3, -0.25) is 4.79 Å². The van der Waals surface area contributed by atoms with E-state index in [1.165, 1.54) is 4.88 Å². The van der Waals surface area contributed by atoms with E-state index >= 15 is 0 Å². The fourth-order valence-electron chi connectivity index (χ4n) is 0.361. The van der Waals surface area contributed by atoms with Crippen molar-refractivity contribution < 1.29 is 9.90 Å². The number of carboxylic acids is 1. The van der Waals surface area contributed by atoms with E-state index in [0.717, 1.165) is 0 Å². The van der Waals surface area contributed by atoms with Crippen molar-refractivity contribution >= 4 is 17.3 Å². The van der Waals surface area contributed by atoms with Crippen molar-refractivity contribution in [2.75, 3.05) is 0 Å². The van der Waals surface area contributed by atoms with Crippen LogP contribution in [0.1, 0.15) is 18.2 Å². The predicted octanol–water partition coefficient (Wildman–Crippen LogP) is 2.54. The smallest absolute Gasteiger partial charge is 0.303 e. The van der Waals surface area contributed by atoms with E-state index in [9.17, 15) is 4.79 Å². The highest BCUT2D eigenvalue weighted by molar-refractivity contribution is 7.09. The van der Waals surface area contributed by atoms with Crippen molar-refractivity contribution in [3.8, 4) is 0 Å². The molecule has 3 heteroatoms. The van der Waals surface area contributed by atoms with Crippen molar-refractivity contribution in [3.63, 3.8) is 0 Å². The lowest BCUT2D eigenvalue weighted by Crippen LogP contribution is -1.86. The molecule has 1 rings (SSSR count). The zero-order chi connectivity index (χ0) is 8.69. The molecule has 1 aromatic rings. The van der Waals surface area contributed by atoms with Gasteiger partial charge < -0.3 is 5.11 Å². The molecular formula is C8H12O2S. The average molecular weight is 172 g/mol. The zero-order valence-electron chi connectivity index (χ0n) is 6.70. The molecule has 0 saturated carbocycles. The first-order valence-corrected chi connectivity index (χ1v) is 4.26. The van der Waals surface area contributed by atoms with Crippen LogP contribution in [0.25, 0.3) is 0 Å². The lowest BCUT2D eigenvalue weighted by molar-refractivity contribution is -0.136. The first-order chi connectivity index (χ1) is 5.16. The molecule has 1 N–H and O–H groups in total. The minimum absolute atomic E-state index is 0.222. The fraction of sp³-hybridized carbons (Fsp3) is 0.375. The fourth-order valence-corrected chi connectivity index (χ4v) is 0.890. The number of hydrogen-bond donors (Lipinski definition) is 1. The van der Waals surface area contributed by atoms with E-state index in [4.69, 9.17) is 5.11 Å². The highest BCUT2D eigenvalue weighted by Crippen LogP contribution is 2.03. The van der Waals surface area contributed by atoms with E-state index in [-0.39, 0.29) is 6.42 Å². The lowest BCUT2D eigenvalue weighted by Gasteiger charge is -1.71. The lowest BCUT2D eigenvalue weighted by atomic mass is 10.5. The van der Waals surface area contributed by atoms with Crippen LogP contribution in [-0.2, 0) is 4.79 Å². The monoisotopic (exact) mass is 172 g/mol. The summed E-state index contributed by atoms with van der Waals surface area (Å²) in [6.45, 7) is 3.70. The van der Waals surface area contributed by atoms with Crippen LogP contribution in [0.5, 0.6) is 0 Å². The van der Waals surface area contributed by atoms with Crippen LogP contribution in [0.15, 0.2) is 17.5 Å². The number of aryl methyl sites for hydroxylation is 1. The summed E-state index contributed by atoms with van der Waals surface area (Å²) in [4.78, 5) is 10.8. The van der Waals surface area contributed by atoms with Gasteiger partial charge in [0, 0.05) is 11.3 Å². The Balaban J connectivity index is 0.000000187. The maximum Gasteiger partial charge on any atom is 0.303 e. The van der Waals surface area contributed by atoms with Gasteiger partial charge in [0.15, 0.2) is 0 Å². The number of aliphatic carboxylic acids is 1. The molecule has 2 nitrogen and oxygen atoms in total. The SMILES string of the molecule is CCC(=O)O.Cc1cccs1. The van der Waals surface area contributed by atoms with Crippen molar-refractivity contribution in [3.05, 3.63) is 22.4 Å². The summed E-state index contributed by atoms with van der Waals surface area (Å²) in [5.74, 6) is -0.745. The molecule has 0 atom stereocenters. The summed E-state index contributed by atoms with van der Waals surface area (Å²) in [5.41, 5.74) is 0.